The molecule has 2 N–H and O–H groups in total. The summed E-state index contributed by atoms with van der Waals surface area (Å²) in [6.07, 6.45) is 0. The Kier molecular flexibility index (Phi) is 8.04. The van der Waals surface area contributed by atoms with Crippen LogP contribution in [0.3, 0.4) is 0 Å². The Labute approximate surface area is 159 Å². The predicted molar refractivity (Wildman–Crippen MR) is 105 cm³/mol. The third-order valence-corrected chi connectivity index (χ3v) is 9.12. The molecule has 9 nitrogen and oxygen atoms in total. The first kappa shape index (κ1) is 22.1. The van der Waals surface area contributed by atoms with E-state index >= 15 is 0 Å². The fourth-order valence-electron chi connectivity index (χ4n) is 2.55. The van der Waals surface area contributed by atoms with E-state index in [4.69, 9.17) is 18.1 Å². The van der Waals surface area contributed by atoms with Crippen LogP contribution in [0.25, 0.3) is 11.0 Å². The standard InChI is InChI=1S/C16H27N3O6P2/c1-5-22-26(20,23-6-2)16(27(21,24-7-3)25-8-4)19-15-17-13-11-9-10-12-14(13)18-15/h9-12,16H,5-8H2,1-4H3,(H2,17,18,19). The van der Waals surface area contributed by atoms with Gasteiger partial charge < -0.3 is 28.4 Å². The van der Waals surface area contributed by atoms with E-state index in [1.54, 1.807) is 27.7 Å². The Morgan fingerprint density at radius 2 is 1.41 bits per heavy atom. The maximum atomic E-state index is 13.4. The minimum Gasteiger partial charge on any atom is -0.332 e. The van der Waals surface area contributed by atoms with Crippen molar-refractivity contribution in [1.29, 1.82) is 0 Å². The van der Waals surface area contributed by atoms with Crippen LogP contribution >= 0.6 is 15.2 Å². The summed E-state index contributed by atoms with van der Waals surface area (Å²) < 4.78 is 48.6. The molecule has 27 heavy (non-hydrogen) atoms. The van der Waals surface area contributed by atoms with Crippen LogP contribution in [0.1, 0.15) is 27.7 Å². The first-order chi connectivity index (χ1) is 12.9. The Hall–Kier alpha value is -1.21. The van der Waals surface area contributed by atoms with E-state index in [2.05, 4.69) is 15.3 Å². The molecule has 1 heterocycles. The molecule has 0 fully saturated rings. The lowest BCUT2D eigenvalue weighted by atomic mass is 10.3. The zero-order chi connectivity index (χ0) is 19.9. The van der Waals surface area contributed by atoms with Crippen molar-refractivity contribution >= 4 is 32.2 Å². The maximum absolute atomic E-state index is 13.4. The van der Waals surface area contributed by atoms with Crippen molar-refractivity contribution in [2.45, 2.75) is 33.2 Å². The summed E-state index contributed by atoms with van der Waals surface area (Å²) in [7, 11) is -7.81. The van der Waals surface area contributed by atoms with E-state index in [0.29, 0.717) is 5.52 Å². The molecule has 11 heteroatoms. The first-order valence-electron chi connectivity index (χ1n) is 8.91. The lowest BCUT2D eigenvalue weighted by Crippen LogP contribution is -2.26. The second-order valence-corrected chi connectivity index (χ2v) is 10.0. The summed E-state index contributed by atoms with van der Waals surface area (Å²) in [5, 5.41) is 2.90. The van der Waals surface area contributed by atoms with Gasteiger partial charge in [-0.2, -0.15) is 0 Å². The van der Waals surface area contributed by atoms with Crippen molar-refractivity contribution in [3.8, 4) is 0 Å². The van der Waals surface area contributed by atoms with Crippen molar-refractivity contribution < 1.29 is 27.2 Å². The highest BCUT2D eigenvalue weighted by Crippen LogP contribution is 2.69. The molecule has 0 aliphatic rings. The van der Waals surface area contributed by atoms with E-state index in [1.807, 2.05) is 24.3 Å². The minimum atomic E-state index is -3.90. The molecule has 0 saturated heterocycles. The van der Waals surface area contributed by atoms with Crippen molar-refractivity contribution in [2.24, 2.45) is 0 Å². The number of nitrogens with one attached hydrogen (secondary N) is 2. The van der Waals surface area contributed by atoms with Crippen LogP contribution in [0.5, 0.6) is 0 Å². The molecule has 0 unspecified atom stereocenters. The van der Waals surface area contributed by atoms with Gasteiger partial charge in [-0.1, -0.05) is 12.1 Å². The fourth-order valence-corrected chi connectivity index (χ4v) is 7.45. The van der Waals surface area contributed by atoms with Gasteiger partial charge in [0.25, 0.3) is 0 Å². The molecule has 152 valence electrons. The number of aromatic amines is 1. The topological polar surface area (TPSA) is 112 Å². The maximum Gasteiger partial charge on any atom is 0.365 e. The fraction of sp³-hybridized carbons (Fsp3) is 0.562. The van der Waals surface area contributed by atoms with Gasteiger partial charge in [-0.05, 0) is 39.8 Å². The second-order valence-electron chi connectivity index (χ2n) is 5.37. The van der Waals surface area contributed by atoms with Gasteiger partial charge >= 0.3 is 15.2 Å². The van der Waals surface area contributed by atoms with Gasteiger partial charge in [0, 0.05) is 0 Å². The molecule has 0 atom stereocenters. The Morgan fingerprint density at radius 1 is 0.926 bits per heavy atom. The SMILES string of the molecule is CCOP(=O)(OCC)C(Nc1nc2ccccc2[nH]1)P(=O)(OCC)OCC. The van der Waals surface area contributed by atoms with Crippen LogP contribution in [0, 0.1) is 0 Å². The molecule has 0 spiro atoms. The van der Waals surface area contributed by atoms with Crippen LogP contribution in [0.4, 0.5) is 5.95 Å². The van der Waals surface area contributed by atoms with E-state index in [-0.39, 0.29) is 32.4 Å². The summed E-state index contributed by atoms with van der Waals surface area (Å²) >= 11 is 0. The highest BCUT2D eigenvalue weighted by Gasteiger charge is 2.51. The van der Waals surface area contributed by atoms with Gasteiger partial charge in [0.2, 0.25) is 11.5 Å². The second kappa shape index (κ2) is 9.82. The molecule has 0 saturated carbocycles. The molecule has 2 rings (SSSR count). The van der Waals surface area contributed by atoms with Crippen LogP contribution in [-0.2, 0) is 27.2 Å². The molecular weight excluding hydrogens is 392 g/mol. The summed E-state index contributed by atoms with van der Waals surface area (Å²) in [4.78, 5) is 7.44. The van der Waals surface area contributed by atoms with Crippen LogP contribution in [-0.4, -0.2) is 41.9 Å². The third-order valence-electron chi connectivity index (χ3n) is 3.49. The number of anilines is 1. The number of hydrogen-bond acceptors (Lipinski definition) is 8. The van der Waals surface area contributed by atoms with Gasteiger partial charge in [-0.3, -0.25) is 9.13 Å². The number of imidazole rings is 1. The molecule has 1 aromatic heterocycles. The monoisotopic (exact) mass is 419 g/mol. The van der Waals surface area contributed by atoms with Crippen LogP contribution < -0.4 is 5.32 Å². The number of para-hydroxylation sites is 2. The smallest absolute Gasteiger partial charge is 0.332 e. The van der Waals surface area contributed by atoms with E-state index in [9.17, 15) is 9.13 Å². The number of hydrogen-bond donors (Lipinski definition) is 2. The third kappa shape index (κ3) is 5.19. The highest BCUT2D eigenvalue weighted by atomic mass is 31.2. The lowest BCUT2D eigenvalue weighted by molar-refractivity contribution is 0.198. The van der Waals surface area contributed by atoms with E-state index in [1.165, 1.54) is 0 Å². The number of nitrogens with zero attached hydrogens (tertiary/aromatic N) is 1. The molecule has 0 aliphatic heterocycles. The Balaban J connectivity index is 2.49. The minimum absolute atomic E-state index is 0.105. The van der Waals surface area contributed by atoms with Crippen molar-refractivity contribution in [3.05, 3.63) is 24.3 Å². The van der Waals surface area contributed by atoms with Gasteiger partial charge in [0.15, 0.2) is 0 Å². The zero-order valence-electron chi connectivity index (χ0n) is 16.0. The molecule has 0 radical (unpaired) electrons. The van der Waals surface area contributed by atoms with E-state index < -0.39 is 20.7 Å². The average Bonchev–Trinajstić information content (AvgIpc) is 3.03. The van der Waals surface area contributed by atoms with Gasteiger partial charge in [0.1, 0.15) is 0 Å². The molecule has 0 aliphatic carbocycles. The van der Waals surface area contributed by atoms with Crippen LogP contribution in [0.15, 0.2) is 24.3 Å². The van der Waals surface area contributed by atoms with Gasteiger partial charge in [-0.25, -0.2) is 4.98 Å². The largest absolute Gasteiger partial charge is 0.365 e. The lowest BCUT2D eigenvalue weighted by Gasteiger charge is -2.31. The Bertz CT molecular complexity index is 744. The number of aromatic nitrogens is 2. The number of rotatable bonds is 12. The predicted octanol–water partition coefficient (Wildman–Crippen LogP) is 4.79. The zero-order valence-corrected chi connectivity index (χ0v) is 17.8. The normalized spacial score (nSPS) is 12.8. The molecule has 0 bridgehead atoms. The summed E-state index contributed by atoms with van der Waals surface area (Å²) in [5.41, 5.74) is 0.0958. The van der Waals surface area contributed by atoms with E-state index in [0.717, 1.165) is 5.52 Å². The van der Waals surface area contributed by atoms with Crippen LogP contribution in [0.2, 0.25) is 0 Å². The average molecular weight is 419 g/mol. The molecular formula is C16H27N3O6P2. The number of benzene rings is 1. The molecule has 1 aromatic carbocycles. The molecule has 0 amide bonds. The van der Waals surface area contributed by atoms with Crippen molar-refractivity contribution in [3.63, 3.8) is 0 Å². The van der Waals surface area contributed by atoms with Gasteiger partial charge in [0.05, 0.1) is 37.5 Å². The summed E-state index contributed by atoms with van der Waals surface area (Å²) in [6, 6.07) is 7.37. The van der Waals surface area contributed by atoms with Crippen molar-refractivity contribution in [1.82, 2.24) is 9.97 Å². The summed E-state index contributed by atoms with van der Waals surface area (Å²) in [5.74, 6) is 0.264. The number of fused-ring (bicyclic) bond motifs is 1. The van der Waals surface area contributed by atoms with Gasteiger partial charge in [-0.15, -0.1) is 0 Å². The quantitative estimate of drug-likeness (QED) is 0.472. The first-order valence-corrected chi connectivity index (χ1v) is 12.1. The number of H-pyrrole nitrogens is 1. The van der Waals surface area contributed by atoms with Crippen molar-refractivity contribution in [2.75, 3.05) is 31.7 Å². The Morgan fingerprint density at radius 3 is 1.85 bits per heavy atom. The molecule has 2 aromatic rings. The highest BCUT2D eigenvalue weighted by molar-refractivity contribution is 7.72. The summed E-state index contributed by atoms with van der Waals surface area (Å²) in [6.45, 7) is 7.13.